The van der Waals surface area contributed by atoms with Gasteiger partial charge in [0.05, 0.1) is 12.7 Å². The van der Waals surface area contributed by atoms with Gasteiger partial charge in [-0.3, -0.25) is 14.4 Å². The van der Waals surface area contributed by atoms with Gasteiger partial charge >= 0.3 is 5.97 Å². The number of esters is 1. The Morgan fingerprint density at radius 2 is 1.57 bits per heavy atom. The second-order valence-electron chi connectivity index (χ2n) is 5.96. The van der Waals surface area contributed by atoms with Crippen molar-refractivity contribution in [2.24, 2.45) is 0 Å². The van der Waals surface area contributed by atoms with Crippen molar-refractivity contribution in [1.29, 1.82) is 0 Å². The van der Waals surface area contributed by atoms with Gasteiger partial charge in [-0.15, -0.1) is 0 Å². The number of benzene rings is 2. The minimum atomic E-state index is -0.537. The second-order valence-corrected chi connectivity index (χ2v) is 5.96. The molecule has 0 radical (unpaired) electrons. The molecule has 0 saturated carbocycles. The van der Waals surface area contributed by atoms with Crippen molar-refractivity contribution in [1.82, 2.24) is 0 Å². The minimum Gasteiger partial charge on any atom is -0.465 e. The monoisotopic (exact) mass is 383 g/mol. The molecule has 2 aromatic carbocycles. The summed E-state index contributed by atoms with van der Waals surface area (Å²) in [5, 5.41) is 5.31. The minimum absolute atomic E-state index is 0.225. The Hall–Kier alpha value is -3.68. The van der Waals surface area contributed by atoms with Crippen LogP contribution in [0.3, 0.4) is 0 Å². The predicted molar refractivity (Wildman–Crippen MR) is 105 cm³/mol. The lowest BCUT2D eigenvalue weighted by Crippen LogP contribution is -2.36. The summed E-state index contributed by atoms with van der Waals surface area (Å²) < 4.78 is 4.68. The summed E-state index contributed by atoms with van der Waals surface area (Å²) in [6.45, 7) is 2.47. The van der Waals surface area contributed by atoms with E-state index in [1.165, 1.54) is 31.9 Å². The Bertz CT molecular complexity index is 910. The molecule has 2 aromatic rings. The van der Waals surface area contributed by atoms with E-state index in [1.807, 2.05) is 0 Å². The van der Waals surface area contributed by atoms with Crippen molar-refractivity contribution in [3.05, 3.63) is 54.1 Å². The average Bonchev–Trinajstić information content (AvgIpc) is 2.65. The molecule has 2 rings (SSSR count). The third-order valence-electron chi connectivity index (χ3n) is 3.73. The molecule has 0 aliphatic carbocycles. The van der Waals surface area contributed by atoms with E-state index < -0.39 is 11.9 Å². The van der Waals surface area contributed by atoms with Crippen molar-refractivity contribution >= 4 is 40.8 Å². The summed E-state index contributed by atoms with van der Waals surface area (Å²) in [6.07, 6.45) is 0. The quantitative estimate of drug-likeness (QED) is 0.746. The molecule has 0 aliphatic heterocycles. The molecule has 0 unspecified atom stereocenters. The van der Waals surface area contributed by atoms with Crippen LogP contribution in [0.4, 0.5) is 17.1 Å². The maximum Gasteiger partial charge on any atom is 0.337 e. The van der Waals surface area contributed by atoms with E-state index in [2.05, 4.69) is 15.4 Å². The molecule has 0 saturated heterocycles. The van der Waals surface area contributed by atoms with Crippen molar-refractivity contribution < 1.29 is 23.9 Å². The van der Waals surface area contributed by atoms with Gasteiger partial charge in [-0.25, -0.2) is 4.79 Å². The summed E-state index contributed by atoms with van der Waals surface area (Å²) in [6, 6.07) is 12.9. The van der Waals surface area contributed by atoms with E-state index in [1.54, 1.807) is 42.5 Å². The summed E-state index contributed by atoms with van der Waals surface area (Å²) >= 11 is 0. The van der Waals surface area contributed by atoms with Gasteiger partial charge in [-0.2, -0.15) is 0 Å². The molecule has 0 aromatic heterocycles. The number of methoxy groups -OCH3 is 1. The highest BCUT2D eigenvalue weighted by Crippen LogP contribution is 2.19. The van der Waals surface area contributed by atoms with E-state index >= 15 is 0 Å². The summed E-state index contributed by atoms with van der Waals surface area (Å²) in [4.78, 5) is 48.6. The number of carbonyl (C=O) groups excluding carboxylic acids is 4. The first-order valence-electron chi connectivity index (χ1n) is 8.44. The fourth-order valence-electron chi connectivity index (χ4n) is 2.53. The lowest BCUT2D eigenvalue weighted by Gasteiger charge is -2.21. The Balaban J connectivity index is 2.14. The van der Waals surface area contributed by atoms with Crippen LogP contribution >= 0.6 is 0 Å². The average molecular weight is 383 g/mol. The molecule has 28 heavy (non-hydrogen) atoms. The number of ether oxygens (including phenoxy) is 1. The van der Waals surface area contributed by atoms with Crippen molar-refractivity contribution in [3.63, 3.8) is 0 Å². The number of amides is 3. The lowest BCUT2D eigenvalue weighted by molar-refractivity contribution is -0.120. The molecule has 0 atom stereocenters. The molecule has 0 fully saturated rings. The predicted octanol–water partition coefficient (Wildman–Crippen LogP) is 2.42. The first-order chi connectivity index (χ1) is 13.3. The third-order valence-corrected chi connectivity index (χ3v) is 3.73. The number of anilines is 3. The first kappa shape index (κ1) is 20.6. The number of hydrogen-bond donors (Lipinski definition) is 2. The Morgan fingerprint density at radius 3 is 2.18 bits per heavy atom. The van der Waals surface area contributed by atoms with E-state index in [-0.39, 0.29) is 23.9 Å². The van der Waals surface area contributed by atoms with Crippen LogP contribution in [0, 0.1) is 0 Å². The molecule has 0 aliphatic rings. The highest BCUT2D eigenvalue weighted by molar-refractivity contribution is 6.03. The zero-order chi connectivity index (χ0) is 20.7. The van der Waals surface area contributed by atoms with Crippen LogP contribution in [0.15, 0.2) is 48.5 Å². The van der Waals surface area contributed by atoms with Crippen molar-refractivity contribution in [2.45, 2.75) is 13.8 Å². The number of hydrogen-bond acceptors (Lipinski definition) is 5. The normalized spacial score (nSPS) is 9.96. The molecule has 0 bridgehead atoms. The third kappa shape index (κ3) is 5.66. The van der Waals surface area contributed by atoms with E-state index in [0.717, 1.165) is 0 Å². The molecule has 0 spiro atoms. The number of nitrogens with one attached hydrogen (secondary N) is 2. The number of rotatable bonds is 6. The Kier molecular flexibility index (Phi) is 6.86. The summed E-state index contributed by atoms with van der Waals surface area (Å²) in [5.41, 5.74) is 1.69. The van der Waals surface area contributed by atoms with Crippen LogP contribution in [0.5, 0.6) is 0 Å². The largest absolute Gasteiger partial charge is 0.465 e. The SMILES string of the molecule is COC(=O)c1cccc(N(CC(=O)Nc2cccc(NC(C)=O)c2)C(C)=O)c1. The fraction of sp³-hybridized carbons (Fsp3) is 0.200. The molecule has 3 amide bonds. The number of carbonyl (C=O) groups is 4. The second kappa shape index (κ2) is 9.31. The highest BCUT2D eigenvalue weighted by atomic mass is 16.5. The van der Waals surface area contributed by atoms with Crippen molar-refractivity contribution in [2.75, 3.05) is 29.2 Å². The summed E-state index contributed by atoms with van der Waals surface area (Å²) in [7, 11) is 1.26. The van der Waals surface area contributed by atoms with Crippen LogP contribution in [0.25, 0.3) is 0 Å². The zero-order valence-electron chi connectivity index (χ0n) is 15.8. The highest BCUT2D eigenvalue weighted by Gasteiger charge is 2.18. The maximum absolute atomic E-state index is 12.4. The van der Waals surface area contributed by atoms with Crippen LogP contribution in [0.1, 0.15) is 24.2 Å². The molecule has 8 nitrogen and oxygen atoms in total. The van der Waals surface area contributed by atoms with Crippen LogP contribution in [-0.4, -0.2) is 37.3 Å². The smallest absolute Gasteiger partial charge is 0.337 e. The standard InChI is InChI=1S/C20H21N3O5/c1-13(24)21-16-7-5-8-17(11-16)22-19(26)12-23(14(2)25)18-9-4-6-15(10-18)20(27)28-3/h4-11H,12H2,1-3H3,(H,21,24)(H,22,26). The van der Waals surface area contributed by atoms with Gasteiger partial charge in [0, 0.05) is 30.9 Å². The van der Waals surface area contributed by atoms with E-state index in [4.69, 9.17) is 0 Å². The van der Waals surface area contributed by atoms with Gasteiger partial charge in [-0.1, -0.05) is 12.1 Å². The first-order valence-corrected chi connectivity index (χ1v) is 8.44. The Labute approximate surface area is 162 Å². The number of nitrogens with zero attached hydrogens (tertiary/aromatic N) is 1. The van der Waals surface area contributed by atoms with Crippen molar-refractivity contribution in [3.8, 4) is 0 Å². The van der Waals surface area contributed by atoms with Crippen LogP contribution < -0.4 is 15.5 Å². The zero-order valence-corrected chi connectivity index (χ0v) is 15.8. The molecule has 8 heteroatoms. The van der Waals surface area contributed by atoms with Gasteiger partial charge in [-0.05, 0) is 36.4 Å². The fourth-order valence-corrected chi connectivity index (χ4v) is 2.53. The Morgan fingerprint density at radius 1 is 0.929 bits per heavy atom. The summed E-state index contributed by atoms with van der Waals surface area (Å²) in [5.74, 6) is -1.55. The molecule has 2 N–H and O–H groups in total. The topological polar surface area (TPSA) is 105 Å². The van der Waals surface area contributed by atoms with Gasteiger partial charge in [0.2, 0.25) is 17.7 Å². The van der Waals surface area contributed by atoms with Crippen LogP contribution in [-0.2, 0) is 19.1 Å². The molecular formula is C20H21N3O5. The molecule has 0 heterocycles. The van der Waals surface area contributed by atoms with Gasteiger partial charge < -0.3 is 20.3 Å². The van der Waals surface area contributed by atoms with Crippen LogP contribution in [0.2, 0.25) is 0 Å². The van der Waals surface area contributed by atoms with Gasteiger partial charge in [0.25, 0.3) is 0 Å². The van der Waals surface area contributed by atoms with E-state index in [0.29, 0.717) is 17.1 Å². The maximum atomic E-state index is 12.4. The van der Waals surface area contributed by atoms with Gasteiger partial charge in [0.1, 0.15) is 6.54 Å². The molecule has 146 valence electrons. The van der Waals surface area contributed by atoms with E-state index in [9.17, 15) is 19.2 Å². The molecular weight excluding hydrogens is 362 g/mol. The van der Waals surface area contributed by atoms with Gasteiger partial charge in [0.15, 0.2) is 0 Å². The lowest BCUT2D eigenvalue weighted by atomic mass is 10.2.